The number of H-pyrrole nitrogens is 1. The van der Waals surface area contributed by atoms with Crippen LogP contribution in [0.5, 0.6) is 11.8 Å². The minimum Gasteiger partial charge on any atom is -0.494 e. The molecule has 1 aromatic heterocycles. The molecule has 0 radical (unpaired) electrons. The van der Waals surface area contributed by atoms with Gasteiger partial charge in [-0.25, -0.2) is 4.79 Å². The Bertz CT molecular complexity index is 578. The Hall–Kier alpha value is -2.37. The lowest BCUT2D eigenvalue weighted by molar-refractivity contribution is 0.340. The van der Waals surface area contributed by atoms with Crippen molar-refractivity contribution >= 4 is 0 Å². The minimum atomic E-state index is -0.495. The summed E-state index contributed by atoms with van der Waals surface area (Å²) in [6.45, 7) is 2.53. The highest BCUT2D eigenvalue weighted by molar-refractivity contribution is 5.55. The van der Waals surface area contributed by atoms with Gasteiger partial charge in [0.15, 0.2) is 0 Å². The summed E-state index contributed by atoms with van der Waals surface area (Å²) in [6.07, 6.45) is 0. The van der Waals surface area contributed by atoms with Crippen LogP contribution in [0.1, 0.15) is 6.92 Å². The summed E-state index contributed by atoms with van der Waals surface area (Å²) in [5, 5.41) is 0. The molecule has 0 bridgehead atoms. The van der Waals surface area contributed by atoms with Gasteiger partial charge in [-0.3, -0.25) is 4.98 Å². The van der Waals surface area contributed by atoms with Crippen LogP contribution in [0.2, 0.25) is 0 Å². The van der Waals surface area contributed by atoms with Crippen molar-refractivity contribution in [1.82, 2.24) is 15.0 Å². The van der Waals surface area contributed by atoms with Gasteiger partial charge < -0.3 is 9.47 Å². The topological polar surface area (TPSA) is 77.1 Å². The summed E-state index contributed by atoms with van der Waals surface area (Å²) in [7, 11) is 1.41. The molecule has 1 N–H and O–H groups in total. The maximum absolute atomic E-state index is 11.3. The molecule has 0 saturated heterocycles. The van der Waals surface area contributed by atoms with Crippen molar-refractivity contribution in [3.05, 3.63) is 34.7 Å². The summed E-state index contributed by atoms with van der Waals surface area (Å²) >= 11 is 0. The van der Waals surface area contributed by atoms with E-state index < -0.39 is 5.69 Å². The van der Waals surface area contributed by atoms with Gasteiger partial charge in [-0.1, -0.05) is 0 Å². The van der Waals surface area contributed by atoms with Crippen molar-refractivity contribution in [2.75, 3.05) is 13.7 Å². The van der Waals surface area contributed by atoms with Crippen LogP contribution in [0.15, 0.2) is 29.1 Å². The van der Waals surface area contributed by atoms with E-state index in [-0.39, 0.29) is 6.01 Å². The van der Waals surface area contributed by atoms with Crippen LogP contribution in [0.4, 0.5) is 0 Å². The molecular formula is C12H13N3O3. The summed E-state index contributed by atoms with van der Waals surface area (Å²) in [4.78, 5) is 21.5. The van der Waals surface area contributed by atoms with Crippen LogP contribution in [0.25, 0.3) is 11.4 Å². The molecule has 0 aliphatic carbocycles. The zero-order valence-corrected chi connectivity index (χ0v) is 10.1. The molecule has 0 aliphatic heterocycles. The Morgan fingerprint density at radius 3 is 2.56 bits per heavy atom. The van der Waals surface area contributed by atoms with E-state index in [1.54, 1.807) is 0 Å². The number of ether oxygens (including phenoxy) is 2. The van der Waals surface area contributed by atoms with Gasteiger partial charge in [-0.15, -0.1) is 4.98 Å². The van der Waals surface area contributed by atoms with E-state index >= 15 is 0 Å². The number of aromatic nitrogens is 3. The Balaban J connectivity index is 2.36. The number of hydrogen-bond donors (Lipinski definition) is 1. The van der Waals surface area contributed by atoms with Crippen LogP contribution in [-0.4, -0.2) is 28.7 Å². The van der Waals surface area contributed by atoms with E-state index in [0.717, 1.165) is 11.3 Å². The van der Waals surface area contributed by atoms with E-state index in [2.05, 4.69) is 15.0 Å². The number of methoxy groups -OCH3 is 1. The van der Waals surface area contributed by atoms with Crippen LogP contribution in [0, 0.1) is 0 Å². The van der Waals surface area contributed by atoms with E-state index in [4.69, 9.17) is 9.47 Å². The molecule has 0 amide bonds. The van der Waals surface area contributed by atoms with Gasteiger partial charge in [-0.05, 0) is 31.2 Å². The molecule has 1 heterocycles. The zero-order valence-electron chi connectivity index (χ0n) is 10.1. The molecule has 0 fully saturated rings. The van der Waals surface area contributed by atoms with E-state index in [0.29, 0.717) is 12.4 Å². The Labute approximate surface area is 104 Å². The predicted molar refractivity (Wildman–Crippen MR) is 65.8 cm³/mol. The highest BCUT2D eigenvalue weighted by atomic mass is 16.5. The number of rotatable bonds is 4. The molecule has 6 nitrogen and oxygen atoms in total. The van der Waals surface area contributed by atoms with Gasteiger partial charge in [-0.2, -0.15) is 4.98 Å². The maximum atomic E-state index is 11.3. The second kappa shape index (κ2) is 5.31. The number of nitrogens with one attached hydrogen (secondary N) is 1. The molecule has 2 aromatic rings. The van der Waals surface area contributed by atoms with Crippen molar-refractivity contribution in [3.63, 3.8) is 0 Å². The second-order valence-electron chi connectivity index (χ2n) is 3.45. The van der Waals surface area contributed by atoms with Crippen LogP contribution in [0.3, 0.4) is 0 Å². The Kier molecular flexibility index (Phi) is 3.57. The number of aromatic amines is 1. The average Bonchev–Trinajstić information content (AvgIpc) is 2.39. The van der Waals surface area contributed by atoms with Crippen LogP contribution >= 0.6 is 0 Å². The number of benzene rings is 1. The first-order chi connectivity index (χ1) is 8.72. The molecular weight excluding hydrogens is 234 g/mol. The SMILES string of the molecule is CCOc1ccc(-c2nc(OC)nc(=O)[nH]2)cc1. The number of hydrogen-bond acceptors (Lipinski definition) is 5. The summed E-state index contributed by atoms with van der Waals surface area (Å²) in [6, 6.07) is 7.28. The first-order valence-electron chi connectivity index (χ1n) is 5.48. The molecule has 6 heteroatoms. The van der Waals surface area contributed by atoms with Crippen molar-refractivity contribution in [3.8, 4) is 23.1 Å². The maximum Gasteiger partial charge on any atom is 0.351 e. The summed E-state index contributed by atoms with van der Waals surface area (Å²) < 4.78 is 10.2. The smallest absolute Gasteiger partial charge is 0.351 e. The fourth-order valence-corrected chi connectivity index (χ4v) is 1.47. The van der Waals surface area contributed by atoms with Crippen LogP contribution in [-0.2, 0) is 0 Å². The van der Waals surface area contributed by atoms with E-state index in [1.807, 2.05) is 31.2 Å². The van der Waals surface area contributed by atoms with Gasteiger partial charge in [0, 0.05) is 5.56 Å². The molecule has 0 aliphatic rings. The normalized spacial score (nSPS) is 10.1. The molecule has 0 spiro atoms. The fraction of sp³-hybridized carbons (Fsp3) is 0.250. The standard InChI is InChI=1S/C12H13N3O3/c1-3-18-9-6-4-8(5-7-9)10-13-11(16)15-12(14-10)17-2/h4-7H,3H2,1-2H3,(H,13,14,15,16). The van der Waals surface area contributed by atoms with Gasteiger partial charge >= 0.3 is 11.7 Å². The quantitative estimate of drug-likeness (QED) is 0.879. The number of nitrogens with zero attached hydrogens (tertiary/aromatic N) is 2. The molecule has 0 atom stereocenters. The Morgan fingerprint density at radius 1 is 1.22 bits per heavy atom. The second-order valence-corrected chi connectivity index (χ2v) is 3.45. The van der Waals surface area contributed by atoms with Crippen molar-refractivity contribution in [2.45, 2.75) is 6.92 Å². The average molecular weight is 247 g/mol. The zero-order chi connectivity index (χ0) is 13.0. The predicted octanol–water partition coefficient (Wildman–Crippen LogP) is 1.24. The van der Waals surface area contributed by atoms with Gasteiger partial charge in [0.1, 0.15) is 11.6 Å². The summed E-state index contributed by atoms with van der Waals surface area (Å²) in [5.74, 6) is 1.18. The third-order valence-electron chi connectivity index (χ3n) is 2.25. The lowest BCUT2D eigenvalue weighted by Gasteiger charge is -2.05. The van der Waals surface area contributed by atoms with E-state index in [1.165, 1.54) is 7.11 Å². The third kappa shape index (κ3) is 2.65. The lowest BCUT2D eigenvalue weighted by Crippen LogP contribution is -2.14. The molecule has 0 saturated carbocycles. The van der Waals surface area contributed by atoms with Crippen LogP contribution < -0.4 is 15.2 Å². The molecule has 18 heavy (non-hydrogen) atoms. The molecule has 2 rings (SSSR count). The highest BCUT2D eigenvalue weighted by Crippen LogP contribution is 2.19. The Morgan fingerprint density at radius 2 is 1.94 bits per heavy atom. The van der Waals surface area contributed by atoms with Gasteiger partial charge in [0.05, 0.1) is 13.7 Å². The monoisotopic (exact) mass is 247 g/mol. The van der Waals surface area contributed by atoms with Crippen molar-refractivity contribution in [2.24, 2.45) is 0 Å². The van der Waals surface area contributed by atoms with Gasteiger partial charge in [0.25, 0.3) is 0 Å². The minimum absolute atomic E-state index is 0.0441. The van der Waals surface area contributed by atoms with Crippen molar-refractivity contribution in [1.29, 1.82) is 0 Å². The molecule has 0 unspecified atom stereocenters. The van der Waals surface area contributed by atoms with E-state index in [9.17, 15) is 4.79 Å². The largest absolute Gasteiger partial charge is 0.494 e. The molecule has 1 aromatic carbocycles. The highest BCUT2D eigenvalue weighted by Gasteiger charge is 2.05. The third-order valence-corrected chi connectivity index (χ3v) is 2.25. The van der Waals surface area contributed by atoms with Gasteiger partial charge in [0.2, 0.25) is 0 Å². The lowest BCUT2D eigenvalue weighted by atomic mass is 10.2. The summed E-state index contributed by atoms with van der Waals surface area (Å²) in [5.41, 5.74) is 0.266. The molecule has 94 valence electrons. The first-order valence-corrected chi connectivity index (χ1v) is 5.48. The fourth-order valence-electron chi connectivity index (χ4n) is 1.47. The first kappa shape index (κ1) is 12.1. The van der Waals surface area contributed by atoms with Crippen molar-refractivity contribution < 1.29 is 9.47 Å².